The summed E-state index contributed by atoms with van der Waals surface area (Å²) >= 11 is 0. The van der Waals surface area contributed by atoms with Gasteiger partial charge in [-0.05, 0) is 38.1 Å². The molecule has 0 aromatic carbocycles. The van der Waals surface area contributed by atoms with Gasteiger partial charge < -0.3 is 0 Å². The van der Waals surface area contributed by atoms with Crippen molar-refractivity contribution in [3.63, 3.8) is 0 Å². The van der Waals surface area contributed by atoms with Crippen LogP contribution in [0.5, 0.6) is 0 Å². The first-order valence-electron chi connectivity index (χ1n) is 6.12. The number of nitrogens with zero attached hydrogens (tertiary/aromatic N) is 1. The Balaban J connectivity index is 2.05. The molecule has 2 fully saturated rings. The Morgan fingerprint density at radius 3 is 2.62 bits per heavy atom. The zero-order valence-electron chi connectivity index (χ0n) is 9.13. The van der Waals surface area contributed by atoms with Crippen molar-refractivity contribution in [2.45, 2.75) is 64.5 Å². The maximum absolute atomic E-state index is 2.78. The molecule has 76 valence electrons. The average molecular weight is 181 g/mol. The number of likely N-dealkylation sites (tertiary alicyclic amines) is 1. The highest BCUT2D eigenvalue weighted by Gasteiger charge is 2.39. The van der Waals surface area contributed by atoms with E-state index in [9.17, 15) is 0 Å². The van der Waals surface area contributed by atoms with Crippen LogP contribution in [0.1, 0.15) is 52.4 Å². The molecular weight excluding hydrogens is 158 g/mol. The van der Waals surface area contributed by atoms with Crippen LogP contribution < -0.4 is 0 Å². The third-order valence-corrected chi connectivity index (χ3v) is 4.18. The Morgan fingerprint density at radius 1 is 1.15 bits per heavy atom. The maximum Gasteiger partial charge on any atom is 0.0127 e. The molecular formula is C12H23N. The van der Waals surface area contributed by atoms with Gasteiger partial charge in [-0.25, -0.2) is 0 Å². The van der Waals surface area contributed by atoms with Crippen molar-refractivity contribution in [2.24, 2.45) is 5.92 Å². The van der Waals surface area contributed by atoms with Gasteiger partial charge in [-0.3, -0.25) is 4.90 Å². The second-order valence-corrected chi connectivity index (χ2v) is 4.74. The Bertz CT molecular complexity index is 163. The van der Waals surface area contributed by atoms with Crippen LogP contribution >= 0.6 is 0 Å². The van der Waals surface area contributed by atoms with Crippen LogP contribution in [0.3, 0.4) is 0 Å². The highest BCUT2D eigenvalue weighted by Crippen LogP contribution is 2.40. The summed E-state index contributed by atoms with van der Waals surface area (Å²) in [5.41, 5.74) is 0. The van der Waals surface area contributed by atoms with E-state index >= 15 is 0 Å². The van der Waals surface area contributed by atoms with Crippen LogP contribution in [-0.2, 0) is 0 Å². The smallest absolute Gasteiger partial charge is 0.0127 e. The van der Waals surface area contributed by atoms with Crippen molar-refractivity contribution in [1.82, 2.24) is 4.90 Å². The largest absolute Gasteiger partial charge is 0.297 e. The van der Waals surface area contributed by atoms with Crippen molar-refractivity contribution >= 4 is 0 Å². The van der Waals surface area contributed by atoms with E-state index in [0.29, 0.717) is 0 Å². The van der Waals surface area contributed by atoms with E-state index in [2.05, 4.69) is 18.7 Å². The van der Waals surface area contributed by atoms with Gasteiger partial charge in [0.1, 0.15) is 0 Å². The molecule has 1 saturated carbocycles. The van der Waals surface area contributed by atoms with Crippen LogP contribution in [0.25, 0.3) is 0 Å². The summed E-state index contributed by atoms with van der Waals surface area (Å²) in [6, 6.07) is 1.88. The Morgan fingerprint density at radius 2 is 1.92 bits per heavy atom. The minimum atomic E-state index is 0.915. The van der Waals surface area contributed by atoms with Gasteiger partial charge in [0.25, 0.3) is 0 Å². The van der Waals surface area contributed by atoms with Gasteiger partial charge >= 0.3 is 0 Å². The molecule has 0 N–H and O–H groups in total. The summed E-state index contributed by atoms with van der Waals surface area (Å²) in [4.78, 5) is 2.78. The third-order valence-electron chi connectivity index (χ3n) is 4.18. The van der Waals surface area contributed by atoms with Crippen molar-refractivity contribution in [3.05, 3.63) is 0 Å². The Labute approximate surface area is 82.5 Å². The van der Waals surface area contributed by atoms with Gasteiger partial charge in [0.2, 0.25) is 0 Å². The van der Waals surface area contributed by atoms with Crippen LogP contribution in [0.15, 0.2) is 0 Å². The molecule has 1 heteroatoms. The average Bonchev–Trinajstić information content (AvgIpc) is 2.55. The van der Waals surface area contributed by atoms with Gasteiger partial charge in [0.05, 0.1) is 0 Å². The molecule has 0 aromatic rings. The predicted molar refractivity (Wildman–Crippen MR) is 56.8 cm³/mol. The SMILES string of the molecule is CCC1CC2CCCCC2N1CC. The molecule has 1 saturated heterocycles. The summed E-state index contributed by atoms with van der Waals surface area (Å²) in [5.74, 6) is 1.05. The summed E-state index contributed by atoms with van der Waals surface area (Å²) in [7, 11) is 0. The fourth-order valence-corrected chi connectivity index (χ4v) is 3.55. The lowest BCUT2D eigenvalue weighted by Gasteiger charge is -2.32. The lowest BCUT2D eigenvalue weighted by Crippen LogP contribution is -2.38. The highest BCUT2D eigenvalue weighted by molar-refractivity contribution is 4.94. The third kappa shape index (κ3) is 1.63. The number of hydrogen-bond acceptors (Lipinski definition) is 1. The zero-order chi connectivity index (χ0) is 9.26. The van der Waals surface area contributed by atoms with Crippen molar-refractivity contribution in [2.75, 3.05) is 6.54 Å². The monoisotopic (exact) mass is 181 g/mol. The van der Waals surface area contributed by atoms with E-state index in [1.54, 1.807) is 0 Å². The van der Waals surface area contributed by atoms with Gasteiger partial charge in [0, 0.05) is 12.1 Å². The Hall–Kier alpha value is -0.0400. The molecule has 3 unspecified atom stereocenters. The van der Waals surface area contributed by atoms with E-state index in [4.69, 9.17) is 0 Å². The van der Waals surface area contributed by atoms with Crippen LogP contribution in [0.2, 0.25) is 0 Å². The Kier molecular flexibility index (Phi) is 2.92. The van der Waals surface area contributed by atoms with Gasteiger partial charge in [0.15, 0.2) is 0 Å². The summed E-state index contributed by atoms with van der Waals surface area (Å²) < 4.78 is 0. The fraction of sp³-hybridized carbons (Fsp3) is 1.00. The summed E-state index contributed by atoms with van der Waals surface area (Å²) in [5, 5.41) is 0. The summed E-state index contributed by atoms with van der Waals surface area (Å²) in [6.07, 6.45) is 8.83. The minimum Gasteiger partial charge on any atom is -0.297 e. The quantitative estimate of drug-likeness (QED) is 0.633. The number of rotatable bonds is 2. The standard InChI is InChI=1S/C12H23N/c1-3-11-9-10-7-5-6-8-12(10)13(11)4-2/h10-12H,3-9H2,1-2H3. The highest BCUT2D eigenvalue weighted by atomic mass is 15.2. The van der Waals surface area contributed by atoms with Crippen LogP contribution in [0, 0.1) is 5.92 Å². The molecule has 2 rings (SSSR count). The van der Waals surface area contributed by atoms with Crippen molar-refractivity contribution < 1.29 is 0 Å². The van der Waals surface area contributed by atoms with Crippen LogP contribution in [-0.4, -0.2) is 23.5 Å². The topological polar surface area (TPSA) is 3.24 Å². The van der Waals surface area contributed by atoms with Gasteiger partial charge in [-0.15, -0.1) is 0 Å². The molecule has 2 aliphatic rings. The molecule has 3 atom stereocenters. The lowest BCUT2D eigenvalue weighted by atomic mass is 9.84. The molecule has 1 heterocycles. The molecule has 1 aliphatic carbocycles. The molecule has 0 aromatic heterocycles. The van der Waals surface area contributed by atoms with Gasteiger partial charge in [-0.1, -0.05) is 26.7 Å². The van der Waals surface area contributed by atoms with E-state index in [0.717, 1.165) is 18.0 Å². The molecule has 0 bridgehead atoms. The second-order valence-electron chi connectivity index (χ2n) is 4.74. The maximum atomic E-state index is 2.78. The zero-order valence-corrected chi connectivity index (χ0v) is 9.13. The number of fused-ring (bicyclic) bond motifs is 1. The first-order valence-corrected chi connectivity index (χ1v) is 6.12. The molecule has 13 heavy (non-hydrogen) atoms. The van der Waals surface area contributed by atoms with E-state index in [1.807, 2.05) is 0 Å². The van der Waals surface area contributed by atoms with E-state index in [1.165, 1.54) is 45.1 Å². The molecule has 1 aliphatic heterocycles. The second kappa shape index (κ2) is 4.00. The molecule has 0 spiro atoms. The first-order chi connectivity index (χ1) is 6.36. The fourth-order valence-electron chi connectivity index (χ4n) is 3.55. The van der Waals surface area contributed by atoms with E-state index in [-0.39, 0.29) is 0 Å². The normalized spacial score (nSPS) is 40.6. The lowest BCUT2D eigenvalue weighted by molar-refractivity contribution is 0.156. The molecule has 0 amide bonds. The van der Waals surface area contributed by atoms with E-state index < -0.39 is 0 Å². The molecule has 1 nitrogen and oxygen atoms in total. The minimum absolute atomic E-state index is 0.915. The molecule has 0 radical (unpaired) electrons. The number of hydrogen-bond donors (Lipinski definition) is 0. The summed E-state index contributed by atoms with van der Waals surface area (Å²) in [6.45, 7) is 5.96. The van der Waals surface area contributed by atoms with Gasteiger partial charge in [-0.2, -0.15) is 0 Å². The van der Waals surface area contributed by atoms with Crippen molar-refractivity contribution in [3.8, 4) is 0 Å². The van der Waals surface area contributed by atoms with Crippen molar-refractivity contribution in [1.29, 1.82) is 0 Å². The predicted octanol–water partition coefficient (Wildman–Crippen LogP) is 3.05. The van der Waals surface area contributed by atoms with Crippen LogP contribution in [0.4, 0.5) is 0 Å². The first kappa shape index (κ1) is 9.51.